The Morgan fingerprint density at radius 2 is 0.762 bits per heavy atom. The molecular formula is C37H26N4S. The summed E-state index contributed by atoms with van der Waals surface area (Å²) in [6.45, 7) is 0. The summed E-state index contributed by atoms with van der Waals surface area (Å²) in [4.78, 5) is 21.6. The van der Waals surface area contributed by atoms with Crippen LogP contribution in [0.5, 0.6) is 0 Å². The van der Waals surface area contributed by atoms with Gasteiger partial charge in [0.25, 0.3) is 0 Å². The van der Waals surface area contributed by atoms with Crippen molar-refractivity contribution in [1.82, 2.24) is 19.9 Å². The maximum Gasteiger partial charge on any atom is 0.0893 e. The summed E-state index contributed by atoms with van der Waals surface area (Å²) in [5, 5.41) is 0. The molecule has 0 unspecified atom stereocenters. The zero-order valence-electron chi connectivity index (χ0n) is 22.8. The van der Waals surface area contributed by atoms with Crippen LogP contribution in [0.1, 0.15) is 22.5 Å². The number of benzene rings is 2. The molecule has 7 rings (SSSR count). The molecule has 0 fully saturated rings. The predicted octanol–water partition coefficient (Wildman–Crippen LogP) is 8.75. The van der Waals surface area contributed by atoms with Gasteiger partial charge >= 0.3 is 0 Å². The topological polar surface area (TPSA) is 51.6 Å². The van der Waals surface area contributed by atoms with Gasteiger partial charge in [0.2, 0.25) is 0 Å². The van der Waals surface area contributed by atoms with Crippen LogP contribution in [-0.4, -0.2) is 25.8 Å². The van der Waals surface area contributed by atoms with E-state index >= 15 is 0 Å². The van der Waals surface area contributed by atoms with Crippen LogP contribution >= 0.6 is 10.5 Å². The molecule has 42 heavy (non-hydrogen) atoms. The molecule has 1 aliphatic heterocycles. The molecule has 0 atom stereocenters. The first-order valence-corrected chi connectivity index (χ1v) is 15.1. The minimum atomic E-state index is -0.597. The number of hydrogen-bond donors (Lipinski definition) is 0. The van der Waals surface area contributed by atoms with E-state index in [0.29, 0.717) is 0 Å². The molecule has 0 saturated heterocycles. The lowest BCUT2D eigenvalue weighted by Crippen LogP contribution is -1.95. The summed E-state index contributed by atoms with van der Waals surface area (Å²) >= 11 is 0. The summed E-state index contributed by atoms with van der Waals surface area (Å²) < 4.78 is 0. The highest BCUT2D eigenvalue weighted by molar-refractivity contribution is 8.30. The van der Waals surface area contributed by atoms with E-state index in [1.807, 2.05) is 60.7 Å². The lowest BCUT2D eigenvalue weighted by Gasteiger charge is -2.13. The lowest BCUT2D eigenvalue weighted by molar-refractivity contribution is 1.23. The second-order valence-electron chi connectivity index (χ2n) is 9.78. The van der Waals surface area contributed by atoms with Gasteiger partial charge in [-0.25, -0.2) is 9.97 Å². The monoisotopic (exact) mass is 558 g/mol. The first-order chi connectivity index (χ1) is 20.8. The molecule has 6 aromatic rings. The average molecular weight is 559 g/mol. The van der Waals surface area contributed by atoms with E-state index in [0.717, 1.165) is 66.2 Å². The molecular weight excluding hydrogens is 533 g/mol. The van der Waals surface area contributed by atoms with E-state index in [1.165, 1.54) is 0 Å². The SMILES string of the molecule is C=S1C(c2cccc(-c3ccccn3)n2)=C(c2ccccc2)C(c2ccccc2)=C1c1cccc(-c2ccccn2)n1. The van der Waals surface area contributed by atoms with E-state index in [2.05, 4.69) is 82.8 Å². The number of aromatic nitrogens is 4. The molecule has 0 radical (unpaired) electrons. The van der Waals surface area contributed by atoms with Gasteiger partial charge in [0, 0.05) is 33.4 Å². The molecule has 5 heterocycles. The van der Waals surface area contributed by atoms with Gasteiger partial charge in [-0.05, 0) is 59.7 Å². The van der Waals surface area contributed by atoms with Crippen LogP contribution in [0.4, 0.5) is 0 Å². The van der Waals surface area contributed by atoms with Crippen LogP contribution in [0.25, 0.3) is 43.7 Å². The van der Waals surface area contributed by atoms with Crippen molar-refractivity contribution in [3.63, 3.8) is 0 Å². The molecule has 0 amide bonds. The molecule has 5 heteroatoms. The molecule has 0 spiro atoms. The molecule has 4 aromatic heterocycles. The number of allylic oxidation sites excluding steroid dienone is 2. The van der Waals surface area contributed by atoms with Crippen LogP contribution in [0.2, 0.25) is 0 Å². The van der Waals surface area contributed by atoms with E-state index in [9.17, 15) is 0 Å². The second-order valence-corrected chi connectivity index (χ2v) is 11.4. The first-order valence-electron chi connectivity index (χ1n) is 13.7. The number of rotatable bonds is 6. The molecule has 200 valence electrons. The Bertz CT molecular complexity index is 1820. The van der Waals surface area contributed by atoms with Crippen LogP contribution in [0.15, 0.2) is 146 Å². The standard InChI is InChI=1S/C37H26N4S/c1-42-36(32-22-12-20-30(40-32)28-18-8-10-24-38-28)34(26-14-4-2-5-15-26)35(27-16-6-3-7-17-27)37(42)33-23-13-21-31(41-33)29-19-9-11-25-39-29/h2-25H,1H2. The fourth-order valence-corrected chi connectivity index (χ4v) is 7.15. The average Bonchev–Trinajstić information content (AvgIpc) is 3.39. The Balaban J connectivity index is 1.49. The minimum absolute atomic E-state index is 0.597. The third kappa shape index (κ3) is 4.80. The fraction of sp³-hybridized carbons (Fsp3) is 0. The predicted molar refractivity (Wildman–Crippen MR) is 176 cm³/mol. The minimum Gasteiger partial charge on any atom is -0.255 e. The van der Waals surface area contributed by atoms with Crippen LogP contribution < -0.4 is 0 Å². The van der Waals surface area contributed by atoms with Gasteiger partial charge in [-0.1, -0.05) is 90.8 Å². The van der Waals surface area contributed by atoms with Crippen LogP contribution in [0, 0.1) is 0 Å². The molecule has 0 aliphatic carbocycles. The molecule has 0 saturated carbocycles. The second kappa shape index (κ2) is 11.3. The third-order valence-electron chi connectivity index (χ3n) is 7.14. The smallest absolute Gasteiger partial charge is 0.0893 e. The van der Waals surface area contributed by atoms with Crippen LogP contribution in [-0.2, 0) is 0 Å². The van der Waals surface area contributed by atoms with Crippen molar-refractivity contribution < 1.29 is 0 Å². The highest BCUT2D eigenvalue weighted by atomic mass is 32.2. The molecule has 4 nitrogen and oxygen atoms in total. The summed E-state index contributed by atoms with van der Waals surface area (Å²) in [5.41, 5.74) is 9.61. The van der Waals surface area contributed by atoms with Gasteiger partial charge in [-0.2, -0.15) is 0 Å². The fourth-order valence-electron chi connectivity index (χ4n) is 5.28. The summed E-state index contributed by atoms with van der Waals surface area (Å²) in [7, 11) is -0.597. The van der Waals surface area contributed by atoms with Gasteiger partial charge < -0.3 is 0 Å². The van der Waals surface area contributed by atoms with Gasteiger partial charge in [0.05, 0.1) is 34.2 Å². The number of hydrogen-bond acceptors (Lipinski definition) is 4. The molecule has 0 N–H and O–H groups in total. The molecule has 1 aliphatic rings. The van der Waals surface area contributed by atoms with Crippen molar-refractivity contribution >= 4 is 37.3 Å². The Morgan fingerprint density at radius 3 is 1.17 bits per heavy atom. The Kier molecular flexibility index (Phi) is 6.92. The van der Waals surface area contributed by atoms with Crippen molar-refractivity contribution in [2.45, 2.75) is 0 Å². The molecule has 0 bridgehead atoms. The highest BCUT2D eigenvalue weighted by Gasteiger charge is 2.32. The van der Waals surface area contributed by atoms with Gasteiger partial charge in [0.15, 0.2) is 0 Å². The molecule has 2 aromatic carbocycles. The van der Waals surface area contributed by atoms with E-state index in [1.54, 1.807) is 12.4 Å². The zero-order chi connectivity index (χ0) is 28.3. The summed E-state index contributed by atoms with van der Waals surface area (Å²) in [6, 6.07) is 45.2. The number of pyridine rings is 4. The maximum atomic E-state index is 5.16. The summed E-state index contributed by atoms with van der Waals surface area (Å²) in [5.74, 6) is 4.81. The van der Waals surface area contributed by atoms with Crippen LogP contribution in [0.3, 0.4) is 0 Å². The van der Waals surface area contributed by atoms with Crippen molar-refractivity contribution in [1.29, 1.82) is 0 Å². The number of nitrogens with zero attached hydrogens (tertiary/aromatic N) is 4. The highest BCUT2D eigenvalue weighted by Crippen LogP contribution is 2.60. The van der Waals surface area contributed by atoms with Gasteiger partial charge in [0.1, 0.15) is 0 Å². The maximum absolute atomic E-state index is 5.16. The zero-order valence-corrected chi connectivity index (χ0v) is 23.6. The largest absolute Gasteiger partial charge is 0.255 e. The van der Waals surface area contributed by atoms with Gasteiger partial charge in [-0.15, -0.1) is 10.5 Å². The Morgan fingerprint density at radius 1 is 0.381 bits per heavy atom. The Hall–Kier alpha value is -5.26. The van der Waals surface area contributed by atoms with Crippen molar-refractivity contribution in [3.05, 3.63) is 168 Å². The van der Waals surface area contributed by atoms with Crippen molar-refractivity contribution in [3.8, 4) is 22.8 Å². The lowest BCUT2D eigenvalue weighted by atomic mass is 9.90. The van der Waals surface area contributed by atoms with Gasteiger partial charge in [-0.3, -0.25) is 9.97 Å². The van der Waals surface area contributed by atoms with E-state index in [-0.39, 0.29) is 0 Å². The van der Waals surface area contributed by atoms with E-state index < -0.39 is 10.5 Å². The van der Waals surface area contributed by atoms with E-state index in [4.69, 9.17) is 15.8 Å². The van der Waals surface area contributed by atoms with Crippen molar-refractivity contribution in [2.24, 2.45) is 0 Å². The first kappa shape index (κ1) is 25.7. The quantitative estimate of drug-likeness (QED) is 0.192. The summed E-state index contributed by atoms with van der Waals surface area (Å²) in [6.07, 6.45) is 3.60. The normalized spacial score (nSPS) is 13.5. The Labute approximate surface area is 247 Å². The van der Waals surface area contributed by atoms with Crippen molar-refractivity contribution in [2.75, 3.05) is 0 Å². The third-order valence-corrected chi connectivity index (χ3v) is 8.95.